The van der Waals surface area contributed by atoms with Crippen molar-refractivity contribution in [2.24, 2.45) is 11.8 Å². The van der Waals surface area contributed by atoms with E-state index < -0.39 is 0 Å². The fourth-order valence-corrected chi connectivity index (χ4v) is 4.54. The molecular weight excluding hydrogens is 286 g/mol. The molecule has 1 aromatic heterocycles. The highest BCUT2D eigenvalue weighted by molar-refractivity contribution is 5.30. The van der Waals surface area contributed by atoms with Crippen LogP contribution < -0.4 is 5.32 Å². The van der Waals surface area contributed by atoms with Crippen LogP contribution in [0.5, 0.6) is 0 Å². The largest absolute Gasteiger partial charge is 0.338 e. The SMILES string of the molecule is c1ccc2c(c1)CC1CCC(C2)C1NCc1nc(C2CC2)no1. The minimum Gasteiger partial charge on any atom is -0.338 e. The number of nitrogens with zero attached hydrogens (tertiary/aromatic N) is 2. The minimum atomic E-state index is 0.566. The van der Waals surface area contributed by atoms with Gasteiger partial charge in [-0.3, -0.25) is 0 Å². The van der Waals surface area contributed by atoms with Gasteiger partial charge in [-0.05, 0) is 61.5 Å². The van der Waals surface area contributed by atoms with Gasteiger partial charge >= 0.3 is 0 Å². The molecule has 0 aliphatic heterocycles. The van der Waals surface area contributed by atoms with Crippen molar-refractivity contribution in [3.05, 3.63) is 47.1 Å². The Morgan fingerprint density at radius 3 is 2.35 bits per heavy atom. The Bertz CT molecular complexity index is 673. The van der Waals surface area contributed by atoms with Crippen LogP contribution in [-0.4, -0.2) is 16.2 Å². The Kier molecular flexibility index (Phi) is 3.25. The predicted octanol–water partition coefficient (Wildman–Crippen LogP) is 3.23. The van der Waals surface area contributed by atoms with Crippen LogP contribution in [0.15, 0.2) is 28.8 Å². The number of benzene rings is 1. The number of aromatic nitrogens is 2. The van der Waals surface area contributed by atoms with E-state index in [1.165, 1.54) is 38.5 Å². The Balaban J connectivity index is 1.29. The van der Waals surface area contributed by atoms with Crippen molar-refractivity contribution >= 4 is 0 Å². The summed E-state index contributed by atoms with van der Waals surface area (Å²) in [6.07, 6.45) is 7.54. The van der Waals surface area contributed by atoms with E-state index in [4.69, 9.17) is 4.52 Å². The van der Waals surface area contributed by atoms with Crippen molar-refractivity contribution in [1.82, 2.24) is 15.5 Å². The smallest absolute Gasteiger partial charge is 0.240 e. The first-order valence-electron chi connectivity index (χ1n) is 8.99. The summed E-state index contributed by atoms with van der Waals surface area (Å²) < 4.78 is 5.42. The van der Waals surface area contributed by atoms with Crippen LogP contribution in [0.1, 0.15) is 54.4 Å². The maximum absolute atomic E-state index is 5.42. The molecule has 2 atom stereocenters. The van der Waals surface area contributed by atoms with Crippen molar-refractivity contribution in [3.63, 3.8) is 0 Å². The summed E-state index contributed by atoms with van der Waals surface area (Å²) in [6, 6.07) is 9.56. The lowest BCUT2D eigenvalue weighted by Crippen LogP contribution is -2.37. The zero-order valence-corrected chi connectivity index (χ0v) is 13.4. The minimum absolute atomic E-state index is 0.566. The Hall–Kier alpha value is -1.68. The first-order valence-corrected chi connectivity index (χ1v) is 8.99. The molecule has 3 aliphatic rings. The van der Waals surface area contributed by atoms with Gasteiger partial charge in [-0.2, -0.15) is 4.98 Å². The van der Waals surface area contributed by atoms with Gasteiger partial charge in [-0.25, -0.2) is 0 Å². The molecule has 23 heavy (non-hydrogen) atoms. The third-order valence-corrected chi connectivity index (χ3v) is 5.92. The molecule has 0 radical (unpaired) electrons. The van der Waals surface area contributed by atoms with Crippen LogP contribution in [0.4, 0.5) is 0 Å². The molecule has 4 nitrogen and oxygen atoms in total. The molecular formula is C19H23N3O. The van der Waals surface area contributed by atoms with Crippen LogP contribution in [-0.2, 0) is 19.4 Å². The van der Waals surface area contributed by atoms with Crippen molar-refractivity contribution in [3.8, 4) is 0 Å². The summed E-state index contributed by atoms with van der Waals surface area (Å²) in [6.45, 7) is 0.716. The van der Waals surface area contributed by atoms with Gasteiger partial charge in [0.25, 0.3) is 0 Å². The normalized spacial score (nSPS) is 29.3. The lowest BCUT2D eigenvalue weighted by molar-refractivity contribution is 0.306. The van der Waals surface area contributed by atoms with Crippen LogP contribution in [0.25, 0.3) is 0 Å². The average molecular weight is 309 g/mol. The zero-order valence-electron chi connectivity index (χ0n) is 13.4. The highest BCUT2D eigenvalue weighted by atomic mass is 16.5. The van der Waals surface area contributed by atoms with Gasteiger partial charge in [0.2, 0.25) is 5.89 Å². The maximum Gasteiger partial charge on any atom is 0.240 e. The molecule has 0 saturated heterocycles. The van der Waals surface area contributed by atoms with Crippen LogP contribution in [0, 0.1) is 11.8 Å². The van der Waals surface area contributed by atoms with E-state index in [-0.39, 0.29) is 0 Å². The molecule has 2 fully saturated rings. The summed E-state index contributed by atoms with van der Waals surface area (Å²) in [5.74, 6) is 3.73. The molecule has 2 unspecified atom stereocenters. The van der Waals surface area contributed by atoms with E-state index in [0.717, 1.165) is 23.6 Å². The van der Waals surface area contributed by atoms with Crippen LogP contribution in [0.2, 0.25) is 0 Å². The number of hydrogen-bond donors (Lipinski definition) is 1. The molecule has 0 amide bonds. The molecule has 2 aromatic rings. The van der Waals surface area contributed by atoms with E-state index in [1.807, 2.05) is 0 Å². The molecule has 120 valence electrons. The van der Waals surface area contributed by atoms with E-state index in [2.05, 4.69) is 39.7 Å². The predicted molar refractivity (Wildman–Crippen MR) is 87.0 cm³/mol. The molecule has 1 aromatic carbocycles. The molecule has 2 bridgehead atoms. The van der Waals surface area contributed by atoms with Gasteiger partial charge < -0.3 is 9.84 Å². The topological polar surface area (TPSA) is 51.0 Å². The lowest BCUT2D eigenvalue weighted by Gasteiger charge is -2.22. The Morgan fingerprint density at radius 1 is 1.00 bits per heavy atom. The Labute approximate surface area is 136 Å². The second-order valence-corrected chi connectivity index (χ2v) is 7.50. The summed E-state index contributed by atoms with van der Waals surface area (Å²) in [4.78, 5) is 4.55. The van der Waals surface area contributed by atoms with Crippen molar-refractivity contribution in [2.75, 3.05) is 0 Å². The quantitative estimate of drug-likeness (QED) is 0.942. The number of fused-ring (bicyclic) bond motifs is 3. The highest BCUT2D eigenvalue weighted by Gasteiger charge is 2.38. The second kappa shape index (κ2) is 5.45. The fourth-order valence-electron chi connectivity index (χ4n) is 4.54. The molecule has 0 spiro atoms. The first-order chi connectivity index (χ1) is 11.4. The van der Waals surface area contributed by atoms with Crippen molar-refractivity contribution in [1.29, 1.82) is 0 Å². The fraction of sp³-hybridized carbons (Fsp3) is 0.579. The van der Waals surface area contributed by atoms with Gasteiger partial charge in [0.05, 0.1) is 6.54 Å². The number of hydrogen-bond acceptors (Lipinski definition) is 4. The average Bonchev–Trinajstić information content (AvgIpc) is 3.22. The summed E-state index contributed by atoms with van der Waals surface area (Å²) in [5, 5.41) is 7.87. The third kappa shape index (κ3) is 2.59. The van der Waals surface area contributed by atoms with E-state index in [0.29, 0.717) is 18.5 Å². The van der Waals surface area contributed by atoms with Gasteiger partial charge in [-0.1, -0.05) is 29.4 Å². The molecule has 4 heteroatoms. The first kappa shape index (κ1) is 13.7. The van der Waals surface area contributed by atoms with E-state index >= 15 is 0 Å². The standard InChI is InChI=1S/C19H23N3O/c1-2-4-14-10-16-8-7-15(9-13(14)3-1)18(16)20-11-17-21-19(22-23-17)12-5-6-12/h1-4,12,15-16,18,20H,5-11H2. The lowest BCUT2D eigenvalue weighted by atomic mass is 9.94. The van der Waals surface area contributed by atoms with Gasteiger partial charge in [0.15, 0.2) is 5.82 Å². The van der Waals surface area contributed by atoms with Crippen LogP contribution in [0.3, 0.4) is 0 Å². The molecule has 1 heterocycles. The van der Waals surface area contributed by atoms with Crippen molar-refractivity contribution < 1.29 is 4.52 Å². The van der Waals surface area contributed by atoms with Gasteiger partial charge in [-0.15, -0.1) is 0 Å². The molecule has 1 N–H and O–H groups in total. The van der Waals surface area contributed by atoms with Crippen molar-refractivity contribution in [2.45, 2.75) is 57.0 Å². The molecule has 3 aliphatic carbocycles. The van der Waals surface area contributed by atoms with E-state index in [9.17, 15) is 0 Å². The Morgan fingerprint density at radius 2 is 1.70 bits per heavy atom. The van der Waals surface area contributed by atoms with Crippen LogP contribution >= 0.6 is 0 Å². The molecule has 2 saturated carbocycles. The van der Waals surface area contributed by atoms with Gasteiger partial charge in [0, 0.05) is 12.0 Å². The monoisotopic (exact) mass is 309 g/mol. The molecule has 5 rings (SSSR count). The summed E-state index contributed by atoms with van der Waals surface area (Å²) >= 11 is 0. The highest BCUT2D eigenvalue weighted by Crippen LogP contribution is 2.40. The van der Waals surface area contributed by atoms with Gasteiger partial charge in [0.1, 0.15) is 0 Å². The zero-order chi connectivity index (χ0) is 15.2. The number of nitrogens with one attached hydrogen (secondary N) is 1. The van der Waals surface area contributed by atoms with E-state index in [1.54, 1.807) is 11.1 Å². The second-order valence-electron chi connectivity index (χ2n) is 7.50. The summed E-state index contributed by atoms with van der Waals surface area (Å²) in [5.41, 5.74) is 3.11. The maximum atomic E-state index is 5.42. The summed E-state index contributed by atoms with van der Waals surface area (Å²) in [7, 11) is 0. The number of rotatable bonds is 4. The third-order valence-electron chi connectivity index (χ3n) is 5.92.